The standard InChI is InChI=1S/C22H29N2O2/c1-14-20-9-6-11-24(2)12-10-21(19(20)24)15-7-4-5-8-17(15)23-22(14,21)16(13-20)18(25)26-3/h4-5,7-8,14,16,19,23H,6,9-13H2,1-3H3/q+1. The Morgan fingerprint density at radius 2 is 2.08 bits per heavy atom. The van der Waals surface area contributed by atoms with E-state index in [1.165, 1.54) is 48.1 Å². The molecule has 2 aliphatic carbocycles. The maximum atomic E-state index is 13.0. The maximum absolute atomic E-state index is 13.0. The van der Waals surface area contributed by atoms with Crippen LogP contribution in [0.15, 0.2) is 24.3 Å². The molecule has 7 atom stereocenters. The second-order valence-electron chi connectivity index (χ2n) is 9.93. The highest BCUT2D eigenvalue weighted by Gasteiger charge is 2.89. The van der Waals surface area contributed by atoms with E-state index in [9.17, 15) is 4.79 Å². The Morgan fingerprint density at radius 3 is 2.88 bits per heavy atom. The number of carbonyl (C=O) groups is 1. The lowest BCUT2D eigenvalue weighted by molar-refractivity contribution is -0.936. The van der Waals surface area contributed by atoms with Crippen LogP contribution < -0.4 is 5.32 Å². The van der Waals surface area contributed by atoms with Crippen LogP contribution in [0.1, 0.15) is 38.2 Å². The molecule has 3 heterocycles. The molecule has 1 N–H and O–H groups in total. The van der Waals surface area contributed by atoms with Gasteiger partial charge in [0.25, 0.3) is 0 Å². The molecule has 2 bridgehead atoms. The van der Waals surface area contributed by atoms with Crippen LogP contribution in [-0.2, 0) is 14.9 Å². The van der Waals surface area contributed by atoms with Crippen LogP contribution >= 0.6 is 0 Å². The highest BCUT2D eigenvalue weighted by atomic mass is 16.5. The van der Waals surface area contributed by atoms with E-state index in [0.717, 1.165) is 6.42 Å². The van der Waals surface area contributed by atoms with Gasteiger partial charge in [-0.2, -0.15) is 0 Å². The van der Waals surface area contributed by atoms with Crippen LogP contribution in [0.4, 0.5) is 5.69 Å². The number of esters is 1. The average Bonchev–Trinajstić information content (AvgIpc) is 3.27. The molecule has 4 fully saturated rings. The third-order valence-corrected chi connectivity index (χ3v) is 9.62. The first kappa shape index (κ1) is 15.5. The van der Waals surface area contributed by atoms with Gasteiger partial charge in [-0.1, -0.05) is 25.1 Å². The normalized spacial score (nSPS) is 52.2. The number of nitrogens with one attached hydrogen (secondary N) is 1. The van der Waals surface area contributed by atoms with Gasteiger partial charge in [0.2, 0.25) is 0 Å². The molecule has 2 saturated heterocycles. The van der Waals surface area contributed by atoms with E-state index in [2.05, 4.69) is 43.6 Å². The van der Waals surface area contributed by atoms with Crippen LogP contribution in [0.3, 0.4) is 0 Å². The van der Waals surface area contributed by atoms with Gasteiger partial charge in [0.15, 0.2) is 0 Å². The first-order chi connectivity index (χ1) is 12.5. The van der Waals surface area contributed by atoms with Gasteiger partial charge in [-0.05, 0) is 36.8 Å². The predicted octanol–water partition coefficient (Wildman–Crippen LogP) is 2.93. The molecule has 2 saturated carbocycles. The summed E-state index contributed by atoms with van der Waals surface area (Å²) >= 11 is 0. The average molecular weight is 353 g/mol. The number of benzene rings is 1. The fourth-order valence-electron chi connectivity index (χ4n) is 9.19. The quantitative estimate of drug-likeness (QED) is 0.623. The van der Waals surface area contributed by atoms with Crippen molar-refractivity contribution in [3.8, 4) is 0 Å². The lowest BCUT2D eigenvalue weighted by Gasteiger charge is -2.54. The molecule has 4 heteroatoms. The third-order valence-electron chi connectivity index (χ3n) is 9.62. The number of nitrogens with zero attached hydrogens (tertiary/aromatic N) is 1. The minimum atomic E-state index is -0.172. The zero-order valence-corrected chi connectivity index (χ0v) is 16.0. The highest BCUT2D eigenvalue weighted by Crippen LogP contribution is 2.80. The van der Waals surface area contributed by atoms with Crippen molar-refractivity contribution in [3.05, 3.63) is 29.8 Å². The second-order valence-corrected chi connectivity index (χ2v) is 9.93. The van der Waals surface area contributed by atoms with Gasteiger partial charge in [0.1, 0.15) is 6.04 Å². The number of fused-ring (bicyclic) bond motifs is 1. The minimum absolute atomic E-state index is 0.00136. The Balaban J connectivity index is 1.69. The number of carbonyl (C=O) groups excluding carboxylic acids is 1. The van der Waals surface area contributed by atoms with Gasteiger partial charge < -0.3 is 14.5 Å². The number of piperidine rings is 1. The number of anilines is 1. The van der Waals surface area contributed by atoms with Gasteiger partial charge in [0.05, 0.1) is 44.1 Å². The number of para-hydroxylation sites is 1. The third kappa shape index (κ3) is 1.24. The Morgan fingerprint density at radius 1 is 1.27 bits per heavy atom. The first-order valence-electron chi connectivity index (χ1n) is 10.3. The zero-order chi connectivity index (χ0) is 17.9. The topological polar surface area (TPSA) is 38.3 Å². The van der Waals surface area contributed by atoms with Crippen molar-refractivity contribution in [2.24, 2.45) is 17.3 Å². The van der Waals surface area contributed by atoms with Crippen molar-refractivity contribution in [1.82, 2.24) is 0 Å². The molecule has 138 valence electrons. The highest BCUT2D eigenvalue weighted by molar-refractivity contribution is 5.82. The zero-order valence-electron chi connectivity index (χ0n) is 16.0. The number of hydrogen-bond acceptors (Lipinski definition) is 3. The molecule has 26 heavy (non-hydrogen) atoms. The van der Waals surface area contributed by atoms with E-state index >= 15 is 0 Å². The molecule has 3 aliphatic heterocycles. The maximum Gasteiger partial charge on any atom is 0.311 e. The van der Waals surface area contributed by atoms with Crippen molar-refractivity contribution in [1.29, 1.82) is 0 Å². The molecule has 3 spiro atoms. The van der Waals surface area contributed by atoms with Gasteiger partial charge in [-0.3, -0.25) is 4.79 Å². The summed E-state index contributed by atoms with van der Waals surface area (Å²) < 4.78 is 6.56. The van der Waals surface area contributed by atoms with Crippen LogP contribution in [0, 0.1) is 17.3 Å². The smallest absolute Gasteiger partial charge is 0.311 e. The fraction of sp³-hybridized carbons (Fsp3) is 0.682. The Kier molecular flexibility index (Phi) is 2.56. The van der Waals surface area contributed by atoms with Gasteiger partial charge in [-0.25, -0.2) is 0 Å². The molecule has 1 aromatic carbocycles. The molecule has 0 amide bonds. The van der Waals surface area contributed by atoms with Crippen molar-refractivity contribution in [3.63, 3.8) is 0 Å². The molecule has 7 unspecified atom stereocenters. The van der Waals surface area contributed by atoms with Gasteiger partial charge in [0, 0.05) is 17.5 Å². The molecule has 0 aromatic heterocycles. The monoisotopic (exact) mass is 353 g/mol. The minimum Gasteiger partial charge on any atom is -0.469 e. The van der Waals surface area contributed by atoms with Crippen molar-refractivity contribution < 1.29 is 14.0 Å². The Hall–Kier alpha value is -1.55. The van der Waals surface area contributed by atoms with E-state index in [0.29, 0.717) is 12.0 Å². The number of methoxy groups -OCH3 is 1. The molecule has 5 aliphatic rings. The summed E-state index contributed by atoms with van der Waals surface area (Å²) in [7, 11) is 4.06. The second kappa shape index (κ2) is 4.30. The SMILES string of the molecule is COC(=O)C1CC23CCC[N+]4(C)CCC5(c6ccccc6NC15C2C)C34. The van der Waals surface area contributed by atoms with E-state index in [-0.39, 0.29) is 28.3 Å². The van der Waals surface area contributed by atoms with Crippen LogP contribution in [-0.4, -0.2) is 49.3 Å². The van der Waals surface area contributed by atoms with E-state index in [4.69, 9.17) is 4.74 Å². The summed E-state index contributed by atoms with van der Waals surface area (Å²) in [6.45, 7) is 4.98. The van der Waals surface area contributed by atoms with Crippen LogP contribution in [0.2, 0.25) is 0 Å². The largest absolute Gasteiger partial charge is 0.469 e. The van der Waals surface area contributed by atoms with E-state index in [1.807, 2.05) is 0 Å². The fourth-order valence-corrected chi connectivity index (χ4v) is 9.19. The summed E-state index contributed by atoms with van der Waals surface area (Å²) in [5.41, 5.74) is 2.92. The summed E-state index contributed by atoms with van der Waals surface area (Å²) in [5, 5.41) is 3.99. The molecule has 4 nitrogen and oxygen atoms in total. The number of hydrogen-bond donors (Lipinski definition) is 1. The molecule has 0 radical (unpaired) electrons. The Labute approximate surface area is 155 Å². The number of quaternary nitrogens is 1. The van der Waals surface area contributed by atoms with E-state index in [1.54, 1.807) is 7.11 Å². The lowest BCUT2D eigenvalue weighted by Crippen LogP contribution is -2.67. The number of rotatable bonds is 1. The van der Waals surface area contributed by atoms with Gasteiger partial charge in [-0.15, -0.1) is 0 Å². The summed E-state index contributed by atoms with van der Waals surface area (Å²) in [6, 6.07) is 9.52. The Bertz CT molecular complexity index is 839. The summed E-state index contributed by atoms with van der Waals surface area (Å²) in [4.78, 5) is 13.0. The summed E-state index contributed by atoms with van der Waals surface area (Å²) in [6.07, 6.45) is 4.76. The molecule has 6 rings (SSSR count). The first-order valence-corrected chi connectivity index (χ1v) is 10.3. The molecular formula is C22H29N2O2+. The summed E-state index contributed by atoms with van der Waals surface area (Å²) in [5.74, 6) is 0.462. The molecule has 1 aromatic rings. The van der Waals surface area contributed by atoms with Crippen molar-refractivity contribution in [2.75, 3.05) is 32.6 Å². The predicted molar refractivity (Wildman–Crippen MR) is 99.8 cm³/mol. The van der Waals surface area contributed by atoms with Crippen molar-refractivity contribution in [2.45, 2.75) is 49.6 Å². The van der Waals surface area contributed by atoms with E-state index < -0.39 is 0 Å². The van der Waals surface area contributed by atoms with Crippen LogP contribution in [0.25, 0.3) is 0 Å². The molecular weight excluding hydrogens is 324 g/mol. The number of ether oxygens (including phenoxy) is 1. The lowest BCUT2D eigenvalue weighted by atomic mass is 9.56. The van der Waals surface area contributed by atoms with Gasteiger partial charge >= 0.3 is 5.97 Å². The number of likely N-dealkylation sites (N-methyl/N-ethyl adjacent to an activating group) is 1. The van der Waals surface area contributed by atoms with Crippen LogP contribution in [0.5, 0.6) is 0 Å². The van der Waals surface area contributed by atoms with Crippen molar-refractivity contribution >= 4 is 11.7 Å².